The Morgan fingerprint density at radius 3 is 0.641 bits per heavy atom. The summed E-state index contributed by atoms with van der Waals surface area (Å²) in [5.41, 5.74) is 0. The molecule has 131 heavy (non-hydrogen) atoms. The van der Waals surface area contributed by atoms with Crippen LogP contribution < -0.4 is 0 Å². The second-order valence-electron chi connectivity index (χ2n) is 34.9. The molecule has 0 saturated carbocycles. The van der Waals surface area contributed by atoms with E-state index in [0.717, 1.165) is 180 Å². The van der Waals surface area contributed by atoms with E-state index in [1.54, 1.807) is 0 Å². The van der Waals surface area contributed by atoms with Gasteiger partial charge in [0.2, 0.25) is 0 Å². The molecule has 0 aliphatic carbocycles. The molecule has 0 rings (SSSR count). The first kappa shape index (κ1) is 125. The fourth-order valence-electron chi connectivity index (χ4n) is 14.4. The number of esters is 3. The number of rotatable bonds is 99. The van der Waals surface area contributed by atoms with Crippen molar-refractivity contribution in [2.24, 2.45) is 0 Å². The van der Waals surface area contributed by atoms with E-state index in [9.17, 15) is 43.5 Å². The Kier molecular flexibility index (Phi) is 98.9. The second-order valence-corrected chi connectivity index (χ2v) is 37.8. The number of ether oxygens (including phenoxy) is 3. The summed E-state index contributed by atoms with van der Waals surface area (Å²) in [6.07, 6.45) is 139. The Hall–Kier alpha value is -5.61. The number of aliphatic hydroxyl groups is 2. The molecular formula is C113H192O16P2. The molecule has 0 bridgehead atoms. The molecule has 18 heteroatoms. The molecule has 0 saturated heterocycles. The molecule has 0 aromatic carbocycles. The van der Waals surface area contributed by atoms with Crippen LogP contribution in [0.1, 0.15) is 445 Å². The minimum Gasteiger partial charge on any atom is -0.463 e. The maximum Gasteiger partial charge on any atom is 0.472 e. The quantitative estimate of drug-likeness (QED) is 0.0146. The maximum absolute atomic E-state index is 13.1. The van der Waals surface area contributed by atoms with E-state index in [2.05, 4.69) is 215 Å². The lowest BCUT2D eigenvalue weighted by atomic mass is 10.0. The van der Waals surface area contributed by atoms with Crippen LogP contribution in [0, 0.1) is 0 Å². The van der Waals surface area contributed by atoms with Crippen LogP contribution in [0.15, 0.2) is 194 Å². The summed E-state index contributed by atoms with van der Waals surface area (Å²) >= 11 is 0. The SMILES string of the molecule is CC/C=C\C/C=C\C/C=C\C/C=C\C/C=C\C/C=C\CCCCCCCCCCCCCCCCCCC(=O)OCC(O)COP(=O)(O)OCC(O)COP(=O)(O)OCC(COC(=O)CCCCCCCCCCCCCCCC/C=C\C/C=C\C/C=C\C/C=C\C/C=C\C/C=C\CC)OC(=O)CCCCCCCCCCCCC/C=C\C/C=C\C/C=C\C/C=C\CCCCC. The van der Waals surface area contributed by atoms with Crippen molar-refractivity contribution in [3.05, 3.63) is 194 Å². The first-order valence-electron chi connectivity index (χ1n) is 52.7. The minimum atomic E-state index is -4.95. The summed E-state index contributed by atoms with van der Waals surface area (Å²) in [4.78, 5) is 59.3. The van der Waals surface area contributed by atoms with Crippen LogP contribution >= 0.6 is 15.6 Å². The van der Waals surface area contributed by atoms with Crippen LogP contribution in [0.3, 0.4) is 0 Å². The Morgan fingerprint density at radius 2 is 0.405 bits per heavy atom. The molecule has 0 aromatic heterocycles. The van der Waals surface area contributed by atoms with Crippen LogP contribution in [-0.4, -0.2) is 95.9 Å². The number of aliphatic hydroxyl groups excluding tert-OH is 2. The monoisotopic (exact) mass is 1870 g/mol. The number of phosphoric ester groups is 2. The molecule has 0 aliphatic heterocycles. The summed E-state index contributed by atoms with van der Waals surface area (Å²) in [6, 6.07) is 0. The summed E-state index contributed by atoms with van der Waals surface area (Å²) in [7, 11) is -9.82. The Bertz CT molecular complexity index is 3160. The van der Waals surface area contributed by atoms with Crippen LogP contribution in [0.5, 0.6) is 0 Å². The van der Waals surface area contributed by atoms with E-state index in [-0.39, 0.29) is 19.3 Å². The highest BCUT2D eigenvalue weighted by atomic mass is 31.2. The van der Waals surface area contributed by atoms with Gasteiger partial charge in [0.05, 0.1) is 26.4 Å². The molecule has 4 N–H and O–H groups in total. The fraction of sp³-hybridized carbons (Fsp3) is 0.690. The van der Waals surface area contributed by atoms with Gasteiger partial charge in [-0.25, -0.2) is 9.13 Å². The topological polar surface area (TPSA) is 231 Å². The fourth-order valence-corrected chi connectivity index (χ4v) is 16.0. The third kappa shape index (κ3) is 105. The average molecular weight is 1870 g/mol. The standard InChI is InChI=1S/C113H192O16P2/c1-4-7-10-13-16-19-22-25-28-31-34-37-40-43-46-48-50-52-53-55-57-58-61-63-66-69-72-75-78-81-84-87-90-93-96-99-111(116)123-102-108(114)103-125-130(119,120)126-104-109(115)105-127-131(121,122)128-107-110(129-113(118)101-98-95-92-89-86-83-80-77-74-71-68-65-60-45-42-39-36-33-30-27-24-21-18-15-12-9-6-3)106-124-112(117)100-97-94-91-88-85-82-79-76-73-70-67-64-62-59-56-54-51-49-47-44-41-38-35-32-29-26-23-20-17-14-11-8-5-2/h7-8,10-11,16-21,25-30,34-39,43-47,50-52,54,60,108-110,114-115H,4-6,9,12-15,22-24,31-33,40-42,48-49,53,55-59,61-107H2,1-3H3,(H,119,120)(H,121,122)/b10-7-,11-8-,19-16-,20-17-,21-18-,28-25-,29-26-,30-27-,37-34-,38-35-,39-36-,46-43-,47-44-,52-50-,54-51-,60-45-. The zero-order valence-electron chi connectivity index (χ0n) is 83.2. The molecular weight excluding hydrogens is 1680 g/mol. The van der Waals surface area contributed by atoms with Gasteiger partial charge in [0, 0.05) is 19.3 Å². The minimum absolute atomic E-state index is 0.0972. The summed E-state index contributed by atoms with van der Waals surface area (Å²) < 4.78 is 61.8. The first-order valence-corrected chi connectivity index (χ1v) is 55.7. The van der Waals surface area contributed by atoms with Crippen molar-refractivity contribution in [2.75, 3.05) is 39.6 Å². The van der Waals surface area contributed by atoms with Crippen molar-refractivity contribution in [3.63, 3.8) is 0 Å². The molecule has 0 radical (unpaired) electrons. The third-order valence-corrected chi connectivity index (χ3v) is 24.2. The van der Waals surface area contributed by atoms with Crippen molar-refractivity contribution < 1.29 is 75.8 Å². The first-order chi connectivity index (χ1) is 64.2. The Morgan fingerprint density at radius 1 is 0.221 bits per heavy atom. The van der Waals surface area contributed by atoms with Gasteiger partial charge in [-0.3, -0.25) is 32.5 Å². The van der Waals surface area contributed by atoms with E-state index >= 15 is 0 Å². The van der Waals surface area contributed by atoms with Crippen molar-refractivity contribution in [1.29, 1.82) is 0 Å². The smallest absolute Gasteiger partial charge is 0.463 e. The number of carbonyl (C=O) groups is 3. The Labute approximate surface area is 801 Å². The molecule has 0 aliphatic rings. The molecule has 0 aromatic rings. The van der Waals surface area contributed by atoms with Gasteiger partial charge >= 0.3 is 33.6 Å². The molecule has 5 atom stereocenters. The highest BCUT2D eigenvalue weighted by Crippen LogP contribution is 2.45. The largest absolute Gasteiger partial charge is 0.472 e. The average Bonchev–Trinajstić information content (AvgIpc) is 0.885. The number of unbranched alkanes of at least 4 members (excludes halogenated alkanes) is 44. The highest BCUT2D eigenvalue weighted by Gasteiger charge is 2.30. The maximum atomic E-state index is 13.1. The second kappa shape index (κ2) is 103. The van der Waals surface area contributed by atoms with E-state index < -0.39 is 91.5 Å². The van der Waals surface area contributed by atoms with Gasteiger partial charge in [0.15, 0.2) is 6.10 Å². The normalized spacial score (nSPS) is 14.4. The van der Waals surface area contributed by atoms with Gasteiger partial charge in [0.1, 0.15) is 25.4 Å². The van der Waals surface area contributed by atoms with Gasteiger partial charge in [0.25, 0.3) is 0 Å². The van der Waals surface area contributed by atoms with E-state index in [1.807, 2.05) is 0 Å². The zero-order chi connectivity index (χ0) is 95.0. The van der Waals surface area contributed by atoms with Gasteiger partial charge in [-0.2, -0.15) is 0 Å². The van der Waals surface area contributed by atoms with Crippen molar-refractivity contribution in [1.82, 2.24) is 0 Å². The summed E-state index contributed by atoms with van der Waals surface area (Å²) in [5.74, 6) is -1.56. The van der Waals surface area contributed by atoms with Crippen LogP contribution in [0.4, 0.5) is 0 Å². The van der Waals surface area contributed by atoms with Crippen molar-refractivity contribution >= 4 is 33.6 Å². The van der Waals surface area contributed by atoms with Gasteiger partial charge in [-0.05, 0) is 167 Å². The number of phosphoric acid groups is 2. The van der Waals surface area contributed by atoms with Gasteiger partial charge in [-0.15, -0.1) is 0 Å². The van der Waals surface area contributed by atoms with Gasteiger partial charge < -0.3 is 34.2 Å². The van der Waals surface area contributed by atoms with Crippen LogP contribution in [0.25, 0.3) is 0 Å². The van der Waals surface area contributed by atoms with Crippen molar-refractivity contribution in [3.8, 4) is 0 Å². The molecule has 0 heterocycles. The highest BCUT2D eigenvalue weighted by molar-refractivity contribution is 7.47. The lowest BCUT2D eigenvalue weighted by Gasteiger charge is -2.21. The molecule has 0 fully saturated rings. The summed E-state index contributed by atoms with van der Waals surface area (Å²) in [5, 5.41) is 20.8. The van der Waals surface area contributed by atoms with Crippen molar-refractivity contribution in [2.45, 2.75) is 463 Å². The van der Waals surface area contributed by atoms with E-state index in [1.165, 1.54) is 205 Å². The van der Waals surface area contributed by atoms with Crippen LogP contribution in [0.2, 0.25) is 0 Å². The van der Waals surface area contributed by atoms with E-state index in [0.29, 0.717) is 19.3 Å². The van der Waals surface area contributed by atoms with Crippen LogP contribution in [-0.2, 0) is 55.8 Å². The van der Waals surface area contributed by atoms with E-state index in [4.69, 9.17) is 32.3 Å². The molecule has 0 amide bonds. The predicted octanol–water partition coefficient (Wildman–Crippen LogP) is 33.7. The van der Waals surface area contributed by atoms with Gasteiger partial charge in [-0.1, -0.05) is 453 Å². The molecule has 0 spiro atoms. The number of allylic oxidation sites excluding steroid dienone is 32. The zero-order valence-corrected chi connectivity index (χ0v) is 85.0. The third-order valence-electron chi connectivity index (χ3n) is 22.3. The number of hydrogen-bond acceptors (Lipinski definition) is 14. The number of carbonyl (C=O) groups excluding carboxylic acids is 3. The lowest BCUT2D eigenvalue weighted by Crippen LogP contribution is -2.30. The summed E-state index contributed by atoms with van der Waals surface area (Å²) in [6.45, 7) is 2.49. The molecule has 5 unspecified atom stereocenters. The lowest BCUT2D eigenvalue weighted by molar-refractivity contribution is -0.161. The number of hydrogen-bond donors (Lipinski definition) is 4. The molecule has 16 nitrogen and oxygen atoms in total. The Balaban J connectivity index is 4.60. The predicted molar refractivity (Wildman–Crippen MR) is 555 cm³/mol. The molecule has 750 valence electrons.